The lowest BCUT2D eigenvalue weighted by Gasteiger charge is -2.15. The van der Waals surface area contributed by atoms with Crippen LogP contribution in [0.5, 0.6) is 0 Å². The van der Waals surface area contributed by atoms with Crippen molar-refractivity contribution in [2.45, 2.75) is 4.90 Å². The Bertz CT molecular complexity index is 721. The molecule has 3 rings (SSSR count). The van der Waals surface area contributed by atoms with Gasteiger partial charge in [-0.2, -0.15) is 4.72 Å². The number of pyridine rings is 1. The second-order valence-corrected chi connectivity index (χ2v) is 5.75. The summed E-state index contributed by atoms with van der Waals surface area (Å²) >= 11 is 4.28. The summed E-state index contributed by atoms with van der Waals surface area (Å²) in [4.78, 5) is 20.6. The predicted octanol–water partition coefficient (Wildman–Crippen LogP) is 2.27. The lowest BCUT2D eigenvalue weighted by Crippen LogP contribution is -2.25. The SMILES string of the molecule is O=C(Nc1ccc(Cl)nc1)c1ccc2c(c1)[S+]([O-])NC=N2. The molecular formula is C13H9ClN4O2S. The highest BCUT2D eigenvalue weighted by Crippen LogP contribution is 2.27. The fourth-order valence-corrected chi connectivity index (χ4v) is 2.70. The number of aliphatic imine (C=N–C) groups is 1. The van der Waals surface area contributed by atoms with E-state index in [1.165, 1.54) is 12.5 Å². The van der Waals surface area contributed by atoms with E-state index in [1.54, 1.807) is 30.3 Å². The van der Waals surface area contributed by atoms with Gasteiger partial charge in [0.2, 0.25) is 4.90 Å². The summed E-state index contributed by atoms with van der Waals surface area (Å²) in [6, 6.07) is 8.05. The maximum atomic E-state index is 12.2. The highest BCUT2D eigenvalue weighted by Gasteiger charge is 2.21. The van der Waals surface area contributed by atoms with Gasteiger partial charge in [0.25, 0.3) is 5.91 Å². The van der Waals surface area contributed by atoms with E-state index in [2.05, 4.69) is 20.0 Å². The zero-order valence-electron chi connectivity index (χ0n) is 10.5. The molecule has 106 valence electrons. The Kier molecular flexibility index (Phi) is 3.78. The number of hydrogen-bond acceptors (Lipinski definition) is 5. The first kappa shape index (κ1) is 13.9. The van der Waals surface area contributed by atoms with Crippen molar-refractivity contribution in [3.63, 3.8) is 0 Å². The zero-order chi connectivity index (χ0) is 14.8. The summed E-state index contributed by atoms with van der Waals surface area (Å²) in [5.74, 6) is -0.325. The van der Waals surface area contributed by atoms with Crippen LogP contribution in [0.2, 0.25) is 5.15 Å². The number of hydrogen-bond donors (Lipinski definition) is 2. The number of benzene rings is 1. The number of carbonyl (C=O) groups excluding carboxylic acids is 1. The van der Waals surface area contributed by atoms with Crippen LogP contribution in [-0.2, 0) is 11.4 Å². The Balaban J connectivity index is 1.83. The van der Waals surface area contributed by atoms with Crippen molar-refractivity contribution < 1.29 is 9.35 Å². The number of aromatic nitrogens is 1. The lowest BCUT2D eigenvalue weighted by molar-refractivity contribution is 0.102. The molecule has 1 atom stereocenters. The van der Waals surface area contributed by atoms with Gasteiger partial charge in [0, 0.05) is 11.6 Å². The molecule has 2 N–H and O–H groups in total. The molecule has 0 aliphatic carbocycles. The van der Waals surface area contributed by atoms with Gasteiger partial charge in [-0.1, -0.05) is 11.6 Å². The van der Waals surface area contributed by atoms with Crippen molar-refractivity contribution in [3.8, 4) is 0 Å². The molecule has 2 heterocycles. The first-order valence-electron chi connectivity index (χ1n) is 5.91. The molecule has 0 saturated carbocycles. The van der Waals surface area contributed by atoms with Crippen LogP contribution in [0.1, 0.15) is 10.4 Å². The van der Waals surface area contributed by atoms with Gasteiger partial charge in [0.05, 0.1) is 11.9 Å². The summed E-state index contributed by atoms with van der Waals surface area (Å²) in [5.41, 5.74) is 1.49. The molecule has 1 amide bonds. The topological polar surface area (TPSA) is 89.4 Å². The molecule has 0 saturated heterocycles. The van der Waals surface area contributed by atoms with E-state index in [0.717, 1.165) is 0 Å². The summed E-state index contributed by atoms with van der Waals surface area (Å²) in [6.07, 6.45) is 2.83. The minimum Gasteiger partial charge on any atom is -0.588 e. The second-order valence-electron chi connectivity index (χ2n) is 4.15. The number of amides is 1. The van der Waals surface area contributed by atoms with Gasteiger partial charge in [-0.05, 0) is 24.3 Å². The first-order chi connectivity index (χ1) is 10.1. The maximum absolute atomic E-state index is 12.2. The molecule has 1 aliphatic rings. The third-order valence-corrected chi connectivity index (χ3v) is 4.04. The number of anilines is 1. The molecule has 1 aromatic heterocycles. The van der Waals surface area contributed by atoms with Gasteiger partial charge in [0.1, 0.15) is 28.5 Å². The van der Waals surface area contributed by atoms with Gasteiger partial charge in [-0.15, -0.1) is 0 Å². The van der Waals surface area contributed by atoms with E-state index >= 15 is 0 Å². The number of halogens is 1. The Morgan fingerprint density at radius 2 is 2.19 bits per heavy atom. The number of nitrogens with one attached hydrogen (secondary N) is 2. The van der Waals surface area contributed by atoms with Crippen LogP contribution in [0.3, 0.4) is 0 Å². The Hall–Kier alpha value is -2.09. The van der Waals surface area contributed by atoms with Crippen LogP contribution in [0.15, 0.2) is 46.4 Å². The molecule has 21 heavy (non-hydrogen) atoms. The Morgan fingerprint density at radius 3 is 2.95 bits per heavy atom. The van der Waals surface area contributed by atoms with Crippen LogP contribution >= 0.6 is 11.6 Å². The van der Waals surface area contributed by atoms with Crippen molar-refractivity contribution in [1.82, 2.24) is 9.71 Å². The molecule has 0 spiro atoms. The van der Waals surface area contributed by atoms with Crippen molar-refractivity contribution in [2.75, 3.05) is 5.32 Å². The van der Waals surface area contributed by atoms with E-state index in [4.69, 9.17) is 11.6 Å². The van der Waals surface area contributed by atoms with E-state index in [0.29, 0.717) is 27.0 Å². The molecule has 1 aliphatic heterocycles. The average molecular weight is 321 g/mol. The van der Waals surface area contributed by atoms with Gasteiger partial charge in [-0.3, -0.25) is 4.79 Å². The number of carbonyl (C=O) groups is 1. The van der Waals surface area contributed by atoms with Gasteiger partial charge in [-0.25, -0.2) is 9.98 Å². The lowest BCUT2D eigenvalue weighted by atomic mass is 10.2. The fourth-order valence-electron chi connectivity index (χ4n) is 1.77. The van der Waals surface area contributed by atoms with E-state index < -0.39 is 11.4 Å². The van der Waals surface area contributed by atoms with Crippen LogP contribution < -0.4 is 10.0 Å². The third kappa shape index (κ3) is 2.99. The van der Waals surface area contributed by atoms with E-state index in [-0.39, 0.29) is 5.91 Å². The highest BCUT2D eigenvalue weighted by atomic mass is 35.5. The highest BCUT2D eigenvalue weighted by molar-refractivity contribution is 7.90. The smallest absolute Gasteiger partial charge is 0.255 e. The Labute approximate surface area is 128 Å². The van der Waals surface area contributed by atoms with Crippen LogP contribution in [0.25, 0.3) is 0 Å². The fraction of sp³-hybridized carbons (Fsp3) is 0. The number of rotatable bonds is 2. The minimum absolute atomic E-state index is 0.325. The average Bonchev–Trinajstić information content (AvgIpc) is 2.50. The first-order valence-corrected chi connectivity index (χ1v) is 7.44. The van der Waals surface area contributed by atoms with Gasteiger partial charge >= 0.3 is 0 Å². The summed E-state index contributed by atoms with van der Waals surface area (Å²) < 4.78 is 14.4. The molecule has 6 nitrogen and oxygen atoms in total. The number of nitrogens with zero attached hydrogens (tertiary/aromatic N) is 2. The normalized spacial score (nSPS) is 16.0. The molecular weight excluding hydrogens is 312 g/mol. The van der Waals surface area contributed by atoms with Crippen molar-refractivity contribution in [3.05, 3.63) is 47.2 Å². The summed E-state index contributed by atoms with van der Waals surface area (Å²) in [6.45, 7) is 0. The molecule has 1 unspecified atom stereocenters. The van der Waals surface area contributed by atoms with Gasteiger partial charge < -0.3 is 9.87 Å². The maximum Gasteiger partial charge on any atom is 0.255 e. The zero-order valence-corrected chi connectivity index (χ0v) is 12.1. The minimum atomic E-state index is -1.40. The predicted molar refractivity (Wildman–Crippen MR) is 81.3 cm³/mol. The largest absolute Gasteiger partial charge is 0.588 e. The monoisotopic (exact) mass is 320 g/mol. The standard InChI is InChI=1S/C13H9ClN4O2S/c14-12-4-2-9(6-15-12)18-13(19)8-1-3-10-11(5-8)21(20)17-7-16-10/h1-7H,(H,16,17)(H,18,19). The van der Waals surface area contributed by atoms with Crippen LogP contribution in [0, 0.1) is 0 Å². The van der Waals surface area contributed by atoms with Crippen molar-refractivity contribution >= 4 is 46.6 Å². The van der Waals surface area contributed by atoms with Crippen LogP contribution in [0.4, 0.5) is 11.4 Å². The van der Waals surface area contributed by atoms with Gasteiger partial charge in [0.15, 0.2) is 0 Å². The second kappa shape index (κ2) is 5.72. The third-order valence-electron chi connectivity index (χ3n) is 2.77. The molecule has 8 heteroatoms. The molecule has 1 aromatic carbocycles. The summed E-state index contributed by atoms with van der Waals surface area (Å²) in [7, 11) is 0. The van der Waals surface area contributed by atoms with Crippen LogP contribution in [-0.4, -0.2) is 21.8 Å². The van der Waals surface area contributed by atoms with Crippen molar-refractivity contribution in [1.29, 1.82) is 0 Å². The van der Waals surface area contributed by atoms with E-state index in [9.17, 15) is 9.35 Å². The molecule has 0 bridgehead atoms. The number of fused-ring (bicyclic) bond motifs is 1. The van der Waals surface area contributed by atoms with Crippen molar-refractivity contribution in [2.24, 2.45) is 4.99 Å². The Morgan fingerprint density at radius 1 is 1.33 bits per heavy atom. The molecule has 2 aromatic rings. The quantitative estimate of drug-likeness (QED) is 0.656. The summed E-state index contributed by atoms with van der Waals surface area (Å²) in [5, 5.41) is 3.04. The van der Waals surface area contributed by atoms with E-state index in [1.807, 2.05) is 0 Å². The molecule has 0 fully saturated rings. The molecule has 0 radical (unpaired) electrons.